The molecule has 0 fully saturated rings. The van der Waals surface area contributed by atoms with Crippen molar-refractivity contribution in [2.24, 2.45) is 5.41 Å². The molecule has 0 bridgehead atoms. The molecule has 1 aromatic heterocycles. The van der Waals surface area contributed by atoms with E-state index in [4.69, 9.17) is 9.15 Å². The van der Waals surface area contributed by atoms with E-state index in [1.807, 2.05) is 18.2 Å². The largest absolute Gasteiger partial charge is 0.486 e. The summed E-state index contributed by atoms with van der Waals surface area (Å²) in [4.78, 5) is 12.1. The molecule has 3 nitrogen and oxygen atoms in total. The predicted molar refractivity (Wildman–Crippen MR) is 74.7 cm³/mol. The van der Waals surface area contributed by atoms with Gasteiger partial charge in [-0.05, 0) is 32.4 Å². The lowest BCUT2D eigenvalue weighted by molar-refractivity contribution is -0.0269. The van der Waals surface area contributed by atoms with E-state index in [0.29, 0.717) is 23.3 Å². The van der Waals surface area contributed by atoms with Gasteiger partial charge in [-0.15, -0.1) is 0 Å². The van der Waals surface area contributed by atoms with Crippen molar-refractivity contribution in [3.8, 4) is 5.75 Å². The van der Waals surface area contributed by atoms with Gasteiger partial charge in [0.05, 0.1) is 10.9 Å². The molecule has 1 aromatic carbocycles. The molecule has 2 heterocycles. The second-order valence-corrected chi connectivity index (χ2v) is 6.37. The third-order valence-electron chi connectivity index (χ3n) is 4.46. The summed E-state index contributed by atoms with van der Waals surface area (Å²) in [6.07, 6.45) is 0.669. The first-order chi connectivity index (χ1) is 8.82. The Bertz CT molecular complexity index is 707. The molecule has 19 heavy (non-hydrogen) atoms. The maximum atomic E-state index is 12.1. The molecule has 0 unspecified atom stereocenters. The number of para-hydroxylation sites is 1. The smallest absolute Gasteiger partial charge is 0.343 e. The Hall–Kier alpha value is -1.77. The summed E-state index contributed by atoms with van der Waals surface area (Å²) in [5.41, 5.74) is 0.523. The van der Waals surface area contributed by atoms with Crippen molar-refractivity contribution in [1.82, 2.24) is 0 Å². The standard InChI is InChI=1S/C16H18O3/c1-15(2)9-11-13(19-16(15,3)4)10-7-5-6-8-12(10)18-14(11)17/h5-8H,9H2,1-4H3. The highest BCUT2D eigenvalue weighted by Crippen LogP contribution is 2.45. The lowest BCUT2D eigenvalue weighted by Gasteiger charge is -2.45. The summed E-state index contributed by atoms with van der Waals surface area (Å²) in [6, 6.07) is 7.52. The molecule has 0 spiro atoms. The van der Waals surface area contributed by atoms with Crippen LogP contribution in [0.5, 0.6) is 5.75 Å². The molecule has 0 atom stereocenters. The number of fused-ring (bicyclic) bond motifs is 3. The van der Waals surface area contributed by atoms with E-state index < -0.39 is 0 Å². The van der Waals surface area contributed by atoms with Crippen molar-refractivity contribution in [3.63, 3.8) is 0 Å². The summed E-state index contributed by atoms with van der Waals surface area (Å²) < 4.78 is 11.6. The lowest BCUT2D eigenvalue weighted by Crippen LogP contribution is -2.49. The minimum absolute atomic E-state index is 0.114. The molecular formula is C16H18O3. The topological polar surface area (TPSA) is 39.4 Å². The van der Waals surface area contributed by atoms with Gasteiger partial charge in [-0.3, -0.25) is 0 Å². The zero-order chi connectivity index (χ0) is 13.8. The fourth-order valence-corrected chi connectivity index (χ4v) is 2.48. The Labute approximate surface area is 112 Å². The third kappa shape index (κ3) is 1.68. The molecule has 0 radical (unpaired) electrons. The van der Waals surface area contributed by atoms with Crippen LogP contribution in [0.25, 0.3) is 11.0 Å². The van der Waals surface area contributed by atoms with Gasteiger partial charge in [0.15, 0.2) is 0 Å². The summed E-state index contributed by atoms with van der Waals surface area (Å²) in [5.74, 6) is 0.691. The molecule has 0 saturated carbocycles. The molecule has 3 rings (SSSR count). The van der Waals surface area contributed by atoms with Gasteiger partial charge < -0.3 is 9.15 Å². The molecule has 0 aliphatic carbocycles. The molecule has 2 aromatic rings. The molecule has 100 valence electrons. The quantitative estimate of drug-likeness (QED) is 0.678. The van der Waals surface area contributed by atoms with Crippen LogP contribution < -0.4 is 10.4 Å². The van der Waals surface area contributed by atoms with E-state index in [2.05, 4.69) is 27.7 Å². The third-order valence-corrected chi connectivity index (χ3v) is 4.46. The zero-order valence-electron chi connectivity index (χ0n) is 11.7. The van der Waals surface area contributed by atoms with Crippen molar-refractivity contribution >= 4 is 11.0 Å². The minimum atomic E-state index is -0.323. The monoisotopic (exact) mass is 258 g/mol. The Morgan fingerprint density at radius 2 is 1.79 bits per heavy atom. The van der Waals surface area contributed by atoms with Crippen molar-refractivity contribution in [1.29, 1.82) is 0 Å². The first kappa shape index (κ1) is 12.3. The van der Waals surface area contributed by atoms with Crippen LogP contribution in [-0.4, -0.2) is 5.60 Å². The van der Waals surface area contributed by atoms with Gasteiger partial charge in [0, 0.05) is 5.41 Å². The average Bonchev–Trinajstić information content (AvgIpc) is 2.32. The van der Waals surface area contributed by atoms with Crippen LogP contribution in [0.15, 0.2) is 33.5 Å². The first-order valence-corrected chi connectivity index (χ1v) is 6.56. The number of ether oxygens (including phenoxy) is 1. The highest BCUT2D eigenvalue weighted by atomic mass is 16.5. The maximum Gasteiger partial charge on any atom is 0.343 e. The van der Waals surface area contributed by atoms with Gasteiger partial charge in [-0.25, -0.2) is 4.79 Å². The van der Waals surface area contributed by atoms with Gasteiger partial charge in [-0.1, -0.05) is 26.0 Å². The highest BCUT2D eigenvalue weighted by molar-refractivity contribution is 5.84. The van der Waals surface area contributed by atoms with E-state index in [1.165, 1.54) is 0 Å². The van der Waals surface area contributed by atoms with Crippen LogP contribution in [-0.2, 0) is 6.42 Å². The normalized spacial score (nSPS) is 19.8. The van der Waals surface area contributed by atoms with Crippen LogP contribution >= 0.6 is 0 Å². The van der Waals surface area contributed by atoms with Crippen molar-refractivity contribution < 1.29 is 9.15 Å². The Balaban J connectivity index is 2.35. The van der Waals surface area contributed by atoms with Crippen molar-refractivity contribution in [2.75, 3.05) is 0 Å². The minimum Gasteiger partial charge on any atom is -0.486 e. The second-order valence-electron chi connectivity index (χ2n) is 6.37. The fraction of sp³-hybridized carbons (Fsp3) is 0.438. The van der Waals surface area contributed by atoms with Gasteiger partial charge in [0.25, 0.3) is 0 Å². The van der Waals surface area contributed by atoms with E-state index >= 15 is 0 Å². The Kier molecular flexibility index (Phi) is 2.34. The van der Waals surface area contributed by atoms with Crippen molar-refractivity contribution in [2.45, 2.75) is 39.7 Å². The number of benzene rings is 1. The van der Waals surface area contributed by atoms with Crippen LogP contribution in [0, 0.1) is 5.41 Å². The summed E-state index contributed by atoms with van der Waals surface area (Å²) >= 11 is 0. The van der Waals surface area contributed by atoms with Gasteiger partial charge in [0.2, 0.25) is 0 Å². The fourth-order valence-electron chi connectivity index (χ4n) is 2.48. The molecule has 1 aliphatic heterocycles. The number of rotatable bonds is 0. The number of hydrogen-bond acceptors (Lipinski definition) is 3. The SMILES string of the molecule is CC1(C)Cc2c(c3ccccc3oc2=O)OC1(C)C. The number of hydrogen-bond donors (Lipinski definition) is 0. The molecule has 0 N–H and O–H groups in total. The van der Waals surface area contributed by atoms with Crippen LogP contribution in [0.4, 0.5) is 0 Å². The van der Waals surface area contributed by atoms with E-state index in [9.17, 15) is 4.79 Å². The van der Waals surface area contributed by atoms with Crippen LogP contribution in [0.1, 0.15) is 33.3 Å². The van der Waals surface area contributed by atoms with E-state index in [1.54, 1.807) is 6.07 Å². The molecule has 1 aliphatic rings. The van der Waals surface area contributed by atoms with Gasteiger partial charge in [-0.2, -0.15) is 0 Å². The van der Waals surface area contributed by atoms with Crippen molar-refractivity contribution in [3.05, 3.63) is 40.2 Å². The lowest BCUT2D eigenvalue weighted by atomic mass is 9.71. The summed E-state index contributed by atoms with van der Waals surface area (Å²) in [7, 11) is 0. The van der Waals surface area contributed by atoms with Gasteiger partial charge in [0.1, 0.15) is 16.9 Å². The molecular weight excluding hydrogens is 240 g/mol. The summed E-state index contributed by atoms with van der Waals surface area (Å²) in [6.45, 7) is 8.37. The Morgan fingerprint density at radius 1 is 1.11 bits per heavy atom. The Morgan fingerprint density at radius 3 is 2.53 bits per heavy atom. The molecule has 3 heteroatoms. The van der Waals surface area contributed by atoms with E-state index in [-0.39, 0.29) is 16.6 Å². The van der Waals surface area contributed by atoms with Crippen LogP contribution in [0.2, 0.25) is 0 Å². The second kappa shape index (κ2) is 3.62. The average molecular weight is 258 g/mol. The summed E-state index contributed by atoms with van der Waals surface area (Å²) in [5, 5.41) is 0.876. The molecule has 0 amide bonds. The molecule has 0 saturated heterocycles. The maximum absolute atomic E-state index is 12.1. The van der Waals surface area contributed by atoms with Gasteiger partial charge >= 0.3 is 5.63 Å². The predicted octanol–water partition coefficient (Wildman–Crippen LogP) is 3.53. The highest BCUT2D eigenvalue weighted by Gasteiger charge is 2.45. The first-order valence-electron chi connectivity index (χ1n) is 6.56. The van der Waals surface area contributed by atoms with Crippen LogP contribution in [0.3, 0.4) is 0 Å². The van der Waals surface area contributed by atoms with E-state index in [0.717, 1.165) is 5.39 Å². The zero-order valence-corrected chi connectivity index (χ0v) is 11.7.